The van der Waals surface area contributed by atoms with Gasteiger partial charge >= 0.3 is 5.97 Å². The molecule has 0 saturated heterocycles. The van der Waals surface area contributed by atoms with Crippen LogP contribution in [0.4, 0.5) is 10.1 Å². The smallest absolute Gasteiger partial charge is 0.309 e. The number of amides is 1. The third-order valence-corrected chi connectivity index (χ3v) is 10.5. The number of carbonyl (C=O) groups excluding carboxylic acids is 2. The summed E-state index contributed by atoms with van der Waals surface area (Å²) in [6.45, 7) is 4.23. The van der Waals surface area contributed by atoms with Crippen molar-refractivity contribution in [2.75, 3.05) is 5.32 Å². The van der Waals surface area contributed by atoms with Crippen molar-refractivity contribution in [2.45, 2.75) is 57.0 Å². The summed E-state index contributed by atoms with van der Waals surface area (Å²) in [6, 6.07) is 52.3. The summed E-state index contributed by atoms with van der Waals surface area (Å²) in [5, 5.41) is 27.4. The molecule has 8 heteroatoms. The Morgan fingerprint density at radius 1 is 0.695 bits per heavy atom. The second-order valence-corrected chi connectivity index (χ2v) is 14.9. The zero-order valence-corrected chi connectivity index (χ0v) is 33.0. The second kappa shape index (κ2) is 18.3. The first-order valence-corrected chi connectivity index (χ1v) is 19.8. The van der Waals surface area contributed by atoms with Crippen LogP contribution in [0.1, 0.15) is 71.5 Å². The van der Waals surface area contributed by atoms with Gasteiger partial charge in [-0.25, -0.2) is 4.39 Å². The van der Waals surface area contributed by atoms with Gasteiger partial charge in [0.05, 0.1) is 23.8 Å². The van der Waals surface area contributed by atoms with Gasteiger partial charge in [-0.3, -0.25) is 9.59 Å². The molecule has 1 aromatic heterocycles. The largest absolute Gasteiger partial charge is 0.454 e. The third kappa shape index (κ3) is 8.94. The fourth-order valence-electron chi connectivity index (χ4n) is 7.84. The summed E-state index contributed by atoms with van der Waals surface area (Å²) < 4.78 is 22.6. The van der Waals surface area contributed by atoms with Gasteiger partial charge < -0.3 is 24.8 Å². The molecular formula is C51H47FN2O5. The summed E-state index contributed by atoms with van der Waals surface area (Å²) in [7, 11) is 0. The molecule has 6 aromatic carbocycles. The molecule has 7 nitrogen and oxygen atoms in total. The lowest BCUT2D eigenvalue weighted by Gasteiger charge is -2.37. The molecule has 1 heterocycles. The van der Waals surface area contributed by atoms with E-state index in [1.807, 2.05) is 134 Å². The Labute approximate surface area is 344 Å². The van der Waals surface area contributed by atoms with Crippen molar-refractivity contribution in [3.05, 3.63) is 210 Å². The number of ether oxygens (including phenoxy) is 1. The molecule has 298 valence electrons. The molecule has 3 N–H and O–H groups in total. The van der Waals surface area contributed by atoms with E-state index < -0.39 is 29.6 Å². The summed E-state index contributed by atoms with van der Waals surface area (Å²) in [4.78, 5) is 28.4. The number of esters is 1. The van der Waals surface area contributed by atoms with Crippen molar-refractivity contribution < 1.29 is 28.9 Å². The molecule has 1 amide bonds. The van der Waals surface area contributed by atoms with Crippen LogP contribution in [0.2, 0.25) is 0 Å². The van der Waals surface area contributed by atoms with Crippen LogP contribution in [0, 0.1) is 5.82 Å². The van der Waals surface area contributed by atoms with Crippen molar-refractivity contribution in [3.8, 4) is 22.4 Å². The van der Waals surface area contributed by atoms with Gasteiger partial charge in [0.1, 0.15) is 5.82 Å². The summed E-state index contributed by atoms with van der Waals surface area (Å²) in [5.41, 5.74) is 4.57. The van der Waals surface area contributed by atoms with E-state index >= 15 is 0 Å². The Balaban J connectivity index is 1.24. The van der Waals surface area contributed by atoms with Crippen LogP contribution in [-0.2, 0) is 21.7 Å². The number of aliphatic hydroxyl groups excluding tert-OH is 1. The maximum absolute atomic E-state index is 14.5. The summed E-state index contributed by atoms with van der Waals surface area (Å²) in [5.74, 6) is -1.56. The molecule has 7 aromatic rings. The van der Waals surface area contributed by atoms with E-state index in [1.54, 1.807) is 48.5 Å². The highest BCUT2D eigenvalue weighted by atomic mass is 19.1. The molecular weight excluding hydrogens is 740 g/mol. The predicted octanol–water partition coefficient (Wildman–Crippen LogP) is 10.7. The average molecular weight is 787 g/mol. The normalized spacial score (nSPS) is 12.5. The van der Waals surface area contributed by atoms with Crippen LogP contribution in [-0.4, -0.2) is 32.8 Å². The van der Waals surface area contributed by atoms with Crippen LogP contribution in [0.3, 0.4) is 0 Å². The maximum Gasteiger partial charge on any atom is 0.309 e. The molecule has 59 heavy (non-hydrogen) atoms. The zero-order valence-electron chi connectivity index (χ0n) is 33.0. The predicted molar refractivity (Wildman–Crippen MR) is 230 cm³/mol. The van der Waals surface area contributed by atoms with Crippen molar-refractivity contribution in [1.29, 1.82) is 0 Å². The van der Waals surface area contributed by atoms with Crippen molar-refractivity contribution in [3.63, 3.8) is 0 Å². The number of hydrogen-bond acceptors (Lipinski definition) is 5. The zero-order chi connectivity index (χ0) is 41.4. The molecule has 0 radical (unpaired) electrons. The van der Waals surface area contributed by atoms with Gasteiger partial charge in [-0.2, -0.15) is 0 Å². The topological polar surface area (TPSA) is 101 Å². The van der Waals surface area contributed by atoms with Crippen molar-refractivity contribution >= 4 is 17.6 Å². The van der Waals surface area contributed by atoms with Crippen LogP contribution >= 0.6 is 0 Å². The van der Waals surface area contributed by atoms with E-state index in [-0.39, 0.29) is 31.2 Å². The Kier molecular flexibility index (Phi) is 12.6. The first-order chi connectivity index (χ1) is 28.6. The Morgan fingerprint density at radius 3 is 1.75 bits per heavy atom. The van der Waals surface area contributed by atoms with Crippen LogP contribution in [0.5, 0.6) is 0 Å². The van der Waals surface area contributed by atoms with Crippen molar-refractivity contribution in [1.82, 2.24) is 4.57 Å². The number of halogens is 1. The third-order valence-electron chi connectivity index (χ3n) is 10.5. The monoisotopic (exact) mass is 786 g/mol. The first-order valence-electron chi connectivity index (χ1n) is 19.8. The standard InChI is InChI=1S/C51H47FN2O5/c1-35(2)47-46(50(57)53-42-26-16-7-17-27-42)45(36-18-8-3-9-19-36)48(37-28-30-41(52)31-29-37)54(47)33-32-43(55)34-44(56)59-49(38-20-10-4-11-21-38)51(58,39-22-12-5-13-23-39)40-24-14-6-15-25-40/h3-31,35,43,49,55,58H,32-34H2,1-2H3,(H,53,57)/t43?,49-/m1/s1. The first kappa shape index (κ1) is 40.6. The van der Waals surface area contributed by atoms with Gasteiger partial charge in [-0.1, -0.05) is 153 Å². The van der Waals surface area contributed by atoms with E-state index in [4.69, 9.17) is 4.74 Å². The number of rotatable bonds is 15. The summed E-state index contributed by atoms with van der Waals surface area (Å²) in [6.07, 6.45) is -2.57. The van der Waals surface area contributed by atoms with Crippen LogP contribution in [0.15, 0.2) is 176 Å². The van der Waals surface area contributed by atoms with E-state index in [1.165, 1.54) is 12.1 Å². The molecule has 0 aliphatic carbocycles. The van der Waals surface area contributed by atoms with Gasteiger partial charge in [0.25, 0.3) is 5.91 Å². The number of aromatic nitrogens is 1. The van der Waals surface area contributed by atoms with E-state index in [0.29, 0.717) is 44.8 Å². The number of para-hydroxylation sites is 1. The minimum Gasteiger partial charge on any atom is -0.454 e. The molecule has 0 fully saturated rings. The molecule has 0 aliphatic rings. The molecule has 1 unspecified atom stereocenters. The molecule has 0 aliphatic heterocycles. The van der Waals surface area contributed by atoms with Crippen molar-refractivity contribution in [2.24, 2.45) is 0 Å². The number of aliphatic hydroxyl groups is 2. The highest BCUT2D eigenvalue weighted by Crippen LogP contribution is 2.45. The summed E-state index contributed by atoms with van der Waals surface area (Å²) >= 11 is 0. The number of hydrogen-bond donors (Lipinski definition) is 3. The molecule has 0 spiro atoms. The average Bonchev–Trinajstić information content (AvgIpc) is 3.62. The number of carbonyl (C=O) groups is 2. The maximum atomic E-state index is 14.5. The lowest BCUT2D eigenvalue weighted by Crippen LogP contribution is -2.38. The van der Waals surface area contributed by atoms with Gasteiger partial charge in [-0.05, 0) is 76.6 Å². The van der Waals surface area contributed by atoms with Gasteiger partial charge in [0, 0.05) is 23.5 Å². The molecule has 0 bridgehead atoms. The van der Waals surface area contributed by atoms with Gasteiger partial charge in [0.2, 0.25) is 0 Å². The van der Waals surface area contributed by atoms with Gasteiger partial charge in [-0.15, -0.1) is 0 Å². The van der Waals surface area contributed by atoms with Crippen LogP contribution in [0.25, 0.3) is 22.4 Å². The lowest BCUT2D eigenvalue weighted by molar-refractivity contribution is -0.165. The number of nitrogens with one attached hydrogen (secondary N) is 1. The molecule has 0 saturated carbocycles. The minimum absolute atomic E-state index is 0.114. The van der Waals surface area contributed by atoms with E-state index in [0.717, 1.165) is 11.3 Å². The minimum atomic E-state index is -1.77. The lowest BCUT2D eigenvalue weighted by atomic mass is 9.79. The highest BCUT2D eigenvalue weighted by molar-refractivity contribution is 6.12. The molecule has 7 rings (SSSR count). The fraction of sp³-hybridized carbons (Fsp3) is 0.176. The van der Waals surface area contributed by atoms with E-state index in [9.17, 15) is 24.2 Å². The second-order valence-electron chi connectivity index (χ2n) is 14.9. The number of benzene rings is 6. The highest BCUT2D eigenvalue weighted by Gasteiger charge is 2.44. The fourth-order valence-corrected chi connectivity index (χ4v) is 7.84. The number of anilines is 1. The molecule has 2 atom stereocenters. The Morgan fingerprint density at radius 2 is 1.20 bits per heavy atom. The van der Waals surface area contributed by atoms with Gasteiger partial charge in [0.15, 0.2) is 11.7 Å². The quantitative estimate of drug-likeness (QED) is 0.0899. The van der Waals surface area contributed by atoms with Crippen LogP contribution < -0.4 is 5.32 Å². The Bertz CT molecular complexity index is 2420. The SMILES string of the molecule is CC(C)c1c(C(=O)Nc2ccccc2)c(-c2ccccc2)c(-c2ccc(F)cc2)n1CCC(O)CC(=O)O[C@H](c1ccccc1)C(O)(c1ccccc1)c1ccccc1. The Hall–Kier alpha value is -6.61. The number of nitrogens with zero attached hydrogens (tertiary/aromatic N) is 1. The van der Waals surface area contributed by atoms with E-state index in [2.05, 4.69) is 5.32 Å².